The number of hydrogen-bond donors (Lipinski definition) is 0. The second kappa shape index (κ2) is 11.2. The van der Waals surface area contributed by atoms with Crippen molar-refractivity contribution in [1.82, 2.24) is 9.13 Å². The molecule has 10 rings (SSSR count). The van der Waals surface area contributed by atoms with Crippen LogP contribution in [0.4, 0.5) is 0 Å². The second-order valence-electron chi connectivity index (χ2n) is 12.9. The first kappa shape index (κ1) is 29.8. The highest BCUT2D eigenvalue weighted by Gasteiger charge is 2.27. The first-order valence-electron chi connectivity index (χ1n) is 16.9. The fraction of sp³-hybridized carbons (Fsp3) is 0. The van der Waals surface area contributed by atoms with Crippen LogP contribution in [-0.2, 0) is 0 Å². The highest BCUT2D eigenvalue weighted by Crippen LogP contribution is 2.45. The van der Waals surface area contributed by atoms with Gasteiger partial charge in [-0.25, -0.2) is 0 Å². The van der Waals surface area contributed by atoms with E-state index in [1.165, 1.54) is 0 Å². The summed E-state index contributed by atoms with van der Waals surface area (Å²) in [6.45, 7) is 0. The van der Waals surface area contributed by atoms with Gasteiger partial charge in [0.15, 0.2) is 0 Å². The van der Waals surface area contributed by atoms with Gasteiger partial charge in [0.25, 0.3) is 0 Å². The smallest absolute Gasteiger partial charge is 0.136 e. The Morgan fingerprint density at radius 1 is 0.396 bits per heavy atom. The highest BCUT2D eigenvalue weighted by atomic mass is 16.3. The van der Waals surface area contributed by atoms with Crippen LogP contribution < -0.4 is 0 Å². The molecule has 7 nitrogen and oxygen atoms in total. The van der Waals surface area contributed by atoms with Crippen LogP contribution in [-0.4, -0.2) is 9.13 Å². The van der Waals surface area contributed by atoms with Gasteiger partial charge < -0.3 is 13.6 Å². The second-order valence-corrected chi connectivity index (χ2v) is 12.9. The van der Waals surface area contributed by atoms with Gasteiger partial charge in [-0.3, -0.25) is 0 Å². The van der Waals surface area contributed by atoms with Crippen molar-refractivity contribution in [2.24, 2.45) is 0 Å². The van der Waals surface area contributed by atoms with Crippen LogP contribution in [0.15, 0.2) is 138 Å². The van der Waals surface area contributed by atoms with Gasteiger partial charge >= 0.3 is 0 Å². The van der Waals surface area contributed by atoms with Crippen molar-refractivity contribution >= 4 is 65.6 Å². The molecule has 0 unspecified atom stereocenters. The van der Waals surface area contributed by atoms with Crippen LogP contribution >= 0.6 is 0 Å². The van der Waals surface area contributed by atoms with Crippen molar-refractivity contribution in [2.75, 3.05) is 0 Å². The van der Waals surface area contributed by atoms with Gasteiger partial charge in [0, 0.05) is 43.4 Å². The molecule has 3 heterocycles. The number of rotatable bonds is 3. The van der Waals surface area contributed by atoms with Crippen LogP contribution in [0.1, 0.15) is 22.3 Å². The molecule has 0 fully saturated rings. The number of nitriles is 4. The molecule has 3 aromatic heterocycles. The molecule has 0 aliphatic rings. The van der Waals surface area contributed by atoms with E-state index in [1.54, 1.807) is 18.2 Å². The lowest BCUT2D eigenvalue weighted by atomic mass is 9.90. The van der Waals surface area contributed by atoms with Gasteiger partial charge in [0.2, 0.25) is 0 Å². The van der Waals surface area contributed by atoms with Crippen LogP contribution in [0.25, 0.3) is 88.1 Å². The standard InChI is InChI=1S/C46H22N6O/c47-23-27-10-9-15-31(45(27)52-39-18-7-3-13-32(39)43-40(52)20-21-42-44(43)33-14-4-8-19-41(33)53-42)34-22-28(24-48)46(36(26-50)35(34)25-49)51-37-16-5-1-11-29(37)30-12-2-6-17-38(30)51/h1-22H. The summed E-state index contributed by atoms with van der Waals surface area (Å²) >= 11 is 0. The molecular weight excluding hydrogens is 653 g/mol. The molecule has 242 valence electrons. The fourth-order valence-corrected chi connectivity index (χ4v) is 8.20. The van der Waals surface area contributed by atoms with E-state index in [0.717, 1.165) is 65.6 Å². The van der Waals surface area contributed by atoms with Crippen molar-refractivity contribution in [3.05, 3.63) is 156 Å². The normalized spacial score (nSPS) is 11.3. The van der Waals surface area contributed by atoms with Crippen molar-refractivity contribution in [3.8, 4) is 46.8 Å². The molecule has 7 heteroatoms. The van der Waals surface area contributed by atoms with Crippen molar-refractivity contribution in [1.29, 1.82) is 21.0 Å². The molecule has 0 amide bonds. The van der Waals surface area contributed by atoms with Gasteiger partial charge in [-0.2, -0.15) is 21.0 Å². The summed E-state index contributed by atoms with van der Waals surface area (Å²) < 4.78 is 10.2. The van der Waals surface area contributed by atoms with Gasteiger partial charge in [-0.15, -0.1) is 0 Å². The van der Waals surface area contributed by atoms with E-state index in [0.29, 0.717) is 28.1 Å². The lowest BCUT2D eigenvalue weighted by Crippen LogP contribution is -2.07. The Labute approximate surface area is 301 Å². The van der Waals surface area contributed by atoms with Crippen LogP contribution in [0, 0.1) is 45.3 Å². The predicted octanol–water partition coefficient (Wildman–Crippen LogP) is 10.9. The maximum atomic E-state index is 10.9. The minimum absolute atomic E-state index is 0.0789. The monoisotopic (exact) mass is 674 g/mol. The molecule has 0 saturated carbocycles. The summed E-state index contributed by atoms with van der Waals surface area (Å²) in [5.41, 5.74) is 7.46. The maximum Gasteiger partial charge on any atom is 0.136 e. The molecule has 0 N–H and O–H groups in total. The van der Waals surface area contributed by atoms with Gasteiger partial charge in [-0.05, 0) is 48.5 Å². The summed E-state index contributed by atoms with van der Waals surface area (Å²) in [5, 5.41) is 49.1. The quantitative estimate of drug-likeness (QED) is 0.185. The van der Waals surface area contributed by atoms with E-state index in [4.69, 9.17) is 4.42 Å². The summed E-state index contributed by atoms with van der Waals surface area (Å²) in [4.78, 5) is 0. The average Bonchev–Trinajstić information content (AvgIpc) is 3.87. The molecule has 0 atom stereocenters. The van der Waals surface area contributed by atoms with Crippen LogP contribution in [0.3, 0.4) is 0 Å². The molecule has 10 aromatic rings. The molecular formula is C46H22N6O. The van der Waals surface area contributed by atoms with Crippen molar-refractivity contribution in [3.63, 3.8) is 0 Å². The summed E-state index contributed by atoms with van der Waals surface area (Å²) in [5.74, 6) is 0. The summed E-state index contributed by atoms with van der Waals surface area (Å²) in [6.07, 6.45) is 0. The van der Waals surface area contributed by atoms with Gasteiger partial charge in [0.05, 0.1) is 55.7 Å². The first-order valence-corrected chi connectivity index (χ1v) is 16.9. The molecule has 0 saturated heterocycles. The van der Waals surface area contributed by atoms with Gasteiger partial charge in [-0.1, -0.05) is 84.9 Å². The van der Waals surface area contributed by atoms with E-state index in [9.17, 15) is 21.0 Å². The molecule has 53 heavy (non-hydrogen) atoms. The number of furan rings is 1. The molecule has 0 aliphatic carbocycles. The Kier molecular flexibility index (Phi) is 6.30. The minimum Gasteiger partial charge on any atom is -0.456 e. The third-order valence-electron chi connectivity index (χ3n) is 10.3. The number of nitrogens with zero attached hydrogens (tertiary/aromatic N) is 6. The Hall–Kier alpha value is -8.10. The van der Waals surface area contributed by atoms with Crippen LogP contribution in [0.5, 0.6) is 0 Å². The molecule has 7 aromatic carbocycles. The van der Waals surface area contributed by atoms with Crippen LogP contribution in [0.2, 0.25) is 0 Å². The largest absolute Gasteiger partial charge is 0.456 e. The SMILES string of the molecule is N#Cc1cc(-c2cccc(C#N)c2-n2c3ccccc3c3c4c(ccc32)oc2ccccc24)c(C#N)c(C#N)c1-n1c2ccccc2c2ccccc21. The van der Waals surface area contributed by atoms with E-state index < -0.39 is 0 Å². The zero-order valence-corrected chi connectivity index (χ0v) is 27.8. The zero-order chi connectivity index (χ0) is 35.8. The molecule has 0 aliphatic heterocycles. The highest BCUT2D eigenvalue weighted by molar-refractivity contribution is 6.27. The Bertz CT molecular complexity index is 3350. The van der Waals surface area contributed by atoms with Gasteiger partial charge in [0.1, 0.15) is 35.4 Å². The molecule has 0 spiro atoms. The number of hydrogen-bond acceptors (Lipinski definition) is 5. The molecule has 0 bridgehead atoms. The topological polar surface area (TPSA) is 118 Å². The lowest BCUT2D eigenvalue weighted by Gasteiger charge is -2.19. The zero-order valence-electron chi connectivity index (χ0n) is 27.8. The van der Waals surface area contributed by atoms with E-state index >= 15 is 0 Å². The average molecular weight is 675 g/mol. The maximum absolute atomic E-state index is 10.9. The predicted molar refractivity (Wildman–Crippen MR) is 207 cm³/mol. The fourth-order valence-electron chi connectivity index (χ4n) is 8.20. The number of para-hydroxylation sites is 5. The summed E-state index contributed by atoms with van der Waals surface area (Å²) in [7, 11) is 0. The lowest BCUT2D eigenvalue weighted by molar-refractivity contribution is 0.669. The van der Waals surface area contributed by atoms with E-state index in [-0.39, 0.29) is 16.7 Å². The Morgan fingerprint density at radius 3 is 1.64 bits per heavy atom. The summed E-state index contributed by atoms with van der Waals surface area (Å²) in [6, 6.07) is 52.1. The Balaban J connectivity index is 1.34. The number of benzene rings is 7. The van der Waals surface area contributed by atoms with E-state index in [1.807, 2.05) is 114 Å². The minimum atomic E-state index is 0.0789. The third kappa shape index (κ3) is 3.99. The Morgan fingerprint density at radius 2 is 0.981 bits per heavy atom. The van der Waals surface area contributed by atoms with Crippen molar-refractivity contribution in [2.45, 2.75) is 0 Å². The van der Waals surface area contributed by atoms with Crippen molar-refractivity contribution < 1.29 is 4.42 Å². The number of aromatic nitrogens is 2. The first-order chi connectivity index (χ1) is 26.2. The molecule has 0 radical (unpaired) electrons. The number of fused-ring (bicyclic) bond motifs is 10. The third-order valence-corrected chi connectivity index (χ3v) is 10.3. The van der Waals surface area contributed by atoms with E-state index in [2.05, 4.69) is 34.9 Å².